The Labute approximate surface area is 156 Å². The number of carbonyl (C=O) groups excluding carboxylic acids is 1. The molecule has 1 amide bonds. The molecule has 1 aromatic rings. The van der Waals surface area contributed by atoms with Gasteiger partial charge in [-0.05, 0) is 55.6 Å². The summed E-state index contributed by atoms with van der Waals surface area (Å²) in [6.45, 7) is 16.7. The lowest BCUT2D eigenvalue weighted by molar-refractivity contribution is -0.0531. The largest absolute Gasteiger partial charge is 0.398 e. The van der Waals surface area contributed by atoms with Crippen LogP contribution in [0.2, 0.25) is 0 Å². The molecular weight excluding hydrogens is 324 g/mol. The predicted octanol–water partition coefficient (Wildman–Crippen LogP) is 4.84. The number of carbonyl (C=O) groups is 1. The normalized spacial score (nSPS) is 25.3. The number of nitrogens with zero attached hydrogens (tertiary/aromatic N) is 1. The highest BCUT2D eigenvalue weighted by Crippen LogP contribution is 2.48. The summed E-state index contributed by atoms with van der Waals surface area (Å²) in [5, 5.41) is 11.0. The number of para-hydroxylation sites is 1. The molecule has 0 radical (unpaired) electrons. The van der Waals surface area contributed by atoms with Crippen LogP contribution in [0.25, 0.3) is 0 Å². The number of amides is 1. The number of hydrogen-bond donors (Lipinski definition) is 2. The van der Waals surface area contributed by atoms with Gasteiger partial charge in [-0.25, -0.2) is 5.06 Å². The van der Waals surface area contributed by atoms with Gasteiger partial charge >= 0.3 is 0 Å². The van der Waals surface area contributed by atoms with Gasteiger partial charge in [0, 0.05) is 5.69 Å². The number of hydrogen-bond acceptors (Lipinski definition) is 3. The number of nitrogens with two attached hydrogens (primary N) is 1. The van der Waals surface area contributed by atoms with Gasteiger partial charge in [0.2, 0.25) is 0 Å². The van der Waals surface area contributed by atoms with Gasteiger partial charge in [-0.1, -0.05) is 49.4 Å². The van der Waals surface area contributed by atoms with Crippen molar-refractivity contribution < 1.29 is 10.0 Å². The first kappa shape index (κ1) is 20.0. The fourth-order valence-corrected chi connectivity index (χ4v) is 3.93. The fraction of sp³-hybridized carbons (Fsp3) is 0.409. The van der Waals surface area contributed by atoms with E-state index in [1.165, 1.54) is 0 Å². The number of nitrogen functional groups attached to an aromatic ring is 1. The standard InChI is InChI=1S/C22H30N2O2/c1-6-22(5)12-11-17(13-19(22)15(2)3)16(4)14-24(26)21(25)18-9-7-8-10-20(18)23/h6-10,17,19,26H,1-2,4,11-14,23H2,3,5H3/t17-,19+,22-/m1/s1. The lowest BCUT2D eigenvalue weighted by Gasteiger charge is -2.44. The van der Waals surface area contributed by atoms with Gasteiger partial charge in [-0.15, -0.1) is 6.58 Å². The molecule has 0 spiro atoms. The Morgan fingerprint density at radius 1 is 1.42 bits per heavy atom. The molecule has 0 aliphatic heterocycles. The number of hydroxylamine groups is 2. The SMILES string of the molecule is C=C[C@]1(C)CC[C@@H](C(=C)CN(O)C(=O)c2ccccc2N)C[C@H]1C(=C)C. The van der Waals surface area contributed by atoms with E-state index in [0.29, 0.717) is 22.2 Å². The molecule has 1 aliphatic carbocycles. The third-order valence-corrected chi connectivity index (χ3v) is 5.76. The highest BCUT2D eigenvalue weighted by molar-refractivity contribution is 5.98. The molecule has 0 heterocycles. The molecule has 1 aromatic carbocycles. The summed E-state index contributed by atoms with van der Waals surface area (Å²) in [6.07, 6.45) is 4.89. The Bertz CT molecular complexity index is 725. The monoisotopic (exact) mass is 354 g/mol. The molecular formula is C22H30N2O2. The van der Waals surface area contributed by atoms with Crippen LogP contribution in [0.4, 0.5) is 5.69 Å². The Balaban J connectivity index is 2.05. The first-order valence-electron chi connectivity index (χ1n) is 9.01. The van der Waals surface area contributed by atoms with Crippen LogP contribution in [0.15, 0.2) is 61.2 Å². The number of benzene rings is 1. The van der Waals surface area contributed by atoms with Crippen molar-refractivity contribution in [3.8, 4) is 0 Å². The zero-order valence-corrected chi connectivity index (χ0v) is 15.9. The van der Waals surface area contributed by atoms with Gasteiger partial charge in [0.15, 0.2) is 0 Å². The molecule has 2 rings (SSSR count). The molecule has 0 saturated heterocycles. The van der Waals surface area contributed by atoms with Crippen LogP contribution in [-0.2, 0) is 0 Å². The van der Waals surface area contributed by atoms with Crippen LogP contribution >= 0.6 is 0 Å². The lowest BCUT2D eigenvalue weighted by atomic mass is 9.61. The van der Waals surface area contributed by atoms with Crippen molar-refractivity contribution in [1.82, 2.24) is 5.06 Å². The molecule has 0 bridgehead atoms. The molecule has 3 N–H and O–H groups in total. The first-order chi connectivity index (χ1) is 12.2. The molecule has 1 aliphatic rings. The average Bonchev–Trinajstić information content (AvgIpc) is 2.61. The van der Waals surface area contributed by atoms with E-state index in [-0.39, 0.29) is 17.9 Å². The molecule has 0 unspecified atom stereocenters. The van der Waals surface area contributed by atoms with E-state index in [1.807, 2.05) is 6.08 Å². The third-order valence-electron chi connectivity index (χ3n) is 5.76. The van der Waals surface area contributed by atoms with Crippen LogP contribution in [0.5, 0.6) is 0 Å². The summed E-state index contributed by atoms with van der Waals surface area (Å²) in [4.78, 5) is 12.4. The zero-order chi connectivity index (χ0) is 19.5. The van der Waals surface area contributed by atoms with E-state index in [9.17, 15) is 10.0 Å². The third kappa shape index (κ3) is 4.07. The van der Waals surface area contributed by atoms with Gasteiger partial charge in [-0.3, -0.25) is 10.0 Å². The van der Waals surface area contributed by atoms with Crippen molar-refractivity contribution in [3.63, 3.8) is 0 Å². The zero-order valence-electron chi connectivity index (χ0n) is 15.9. The van der Waals surface area contributed by atoms with Gasteiger partial charge in [-0.2, -0.15) is 0 Å². The molecule has 3 atom stereocenters. The molecule has 140 valence electrons. The molecule has 1 fully saturated rings. The second-order valence-electron chi connectivity index (χ2n) is 7.69. The smallest absolute Gasteiger partial charge is 0.279 e. The van der Waals surface area contributed by atoms with E-state index in [0.717, 1.165) is 30.4 Å². The van der Waals surface area contributed by atoms with Gasteiger partial charge in [0.1, 0.15) is 0 Å². The van der Waals surface area contributed by atoms with E-state index < -0.39 is 5.91 Å². The van der Waals surface area contributed by atoms with Crippen molar-refractivity contribution in [3.05, 3.63) is 66.8 Å². The maximum atomic E-state index is 12.4. The van der Waals surface area contributed by atoms with Gasteiger partial charge in [0.05, 0.1) is 12.1 Å². The number of allylic oxidation sites excluding steroid dienone is 2. The minimum absolute atomic E-state index is 0.0375. The summed E-state index contributed by atoms with van der Waals surface area (Å²) >= 11 is 0. The highest BCUT2D eigenvalue weighted by atomic mass is 16.5. The molecule has 0 aromatic heterocycles. The summed E-state index contributed by atoms with van der Waals surface area (Å²) in [5.74, 6) is 0.0517. The predicted molar refractivity (Wildman–Crippen MR) is 107 cm³/mol. The van der Waals surface area contributed by atoms with Crippen molar-refractivity contribution in [1.29, 1.82) is 0 Å². The van der Waals surface area contributed by atoms with Gasteiger partial charge in [0.25, 0.3) is 5.91 Å². The van der Waals surface area contributed by atoms with Crippen molar-refractivity contribution in [2.75, 3.05) is 12.3 Å². The van der Waals surface area contributed by atoms with Crippen LogP contribution < -0.4 is 5.73 Å². The topological polar surface area (TPSA) is 66.6 Å². The van der Waals surface area contributed by atoms with E-state index in [1.54, 1.807) is 24.3 Å². The van der Waals surface area contributed by atoms with Crippen molar-refractivity contribution in [2.45, 2.75) is 33.1 Å². The van der Waals surface area contributed by atoms with E-state index in [4.69, 9.17) is 5.73 Å². The van der Waals surface area contributed by atoms with Crippen LogP contribution in [0.1, 0.15) is 43.5 Å². The number of anilines is 1. The Kier molecular flexibility index (Phi) is 6.09. The number of rotatable bonds is 6. The molecule has 1 saturated carbocycles. The Hall–Kier alpha value is -2.33. The molecule has 26 heavy (non-hydrogen) atoms. The van der Waals surface area contributed by atoms with Crippen LogP contribution in [0.3, 0.4) is 0 Å². The summed E-state index contributed by atoms with van der Waals surface area (Å²) in [7, 11) is 0. The second kappa shape index (κ2) is 7.92. The minimum Gasteiger partial charge on any atom is -0.398 e. The maximum absolute atomic E-state index is 12.4. The first-order valence-corrected chi connectivity index (χ1v) is 9.01. The minimum atomic E-state index is -0.507. The lowest BCUT2D eigenvalue weighted by Crippen LogP contribution is -2.36. The fourth-order valence-electron chi connectivity index (χ4n) is 3.93. The summed E-state index contributed by atoms with van der Waals surface area (Å²) in [5.41, 5.74) is 8.51. The summed E-state index contributed by atoms with van der Waals surface area (Å²) < 4.78 is 0. The van der Waals surface area contributed by atoms with Crippen LogP contribution in [-0.4, -0.2) is 22.7 Å². The quantitative estimate of drug-likeness (QED) is 0.332. The van der Waals surface area contributed by atoms with Crippen molar-refractivity contribution in [2.24, 2.45) is 17.3 Å². The average molecular weight is 354 g/mol. The van der Waals surface area contributed by atoms with Gasteiger partial charge < -0.3 is 5.73 Å². The Morgan fingerprint density at radius 2 is 2.08 bits per heavy atom. The molecule has 4 nitrogen and oxygen atoms in total. The van der Waals surface area contributed by atoms with E-state index in [2.05, 4.69) is 33.6 Å². The highest BCUT2D eigenvalue weighted by Gasteiger charge is 2.39. The second-order valence-corrected chi connectivity index (χ2v) is 7.69. The summed E-state index contributed by atoms with van der Waals surface area (Å²) in [6, 6.07) is 6.73. The maximum Gasteiger partial charge on any atom is 0.279 e. The van der Waals surface area contributed by atoms with E-state index >= 15 is 0 Å². The Morgan fingerprint density at radius 3 is 2.65 bits per heavy atom. The van der Waals surface area contributed by atoms with Crippen molar-refractivity contribution >= 4 is 11.6 Å². The molecule has 4 heteroatoms. The van der Waals surface area contributed by atoms with Crippen LogP contribution in [0, 0.1) is 17.3 Å².